The van der Waals surface area contributed by atoms with Crippen molar-refractivity contribution >= 4 is 5.78 Å². The van der Waals surface area contributed by atoms with E-state index in [1.165, 1.54) is 18.9 Å². The monoisotopic (exact) mass is 267 g/mol. The van der Waals surface area contributed by atoms with Gasteiger partial charge in [0, 0.05) is 11.6 Å². The van der Waals surface area contributed by atoms with Crippen LogP contribution in [0.4, 0.5) is 8.78 Å². The Hall–Kier alpha value is -1.29. The molecule has 2 nitrogen and oxygen atoms in total. The number of likely N-dealkylation sites (N-methyl/N-ethyl adjacent to an activating group) is 1. The number of nitrogens with zero attached hydrogens (tertiary/aromatic N) is 1. The van der Waals surface area contributed by atoms with Gasteiger partial charge in [0.1, 0.15) is 0 Å². The van der Waals surface area contributed by atoms with Gasteiger partial charge in [0.15, 0.2) is 17.4 Å². The molecule has 1 saturated carbocycles. The first-order chi connectivity index (χ1) is 9.11. The third-order valence-corrected chi connectivity index (χ3v) is 3.84. The number of ketones is 1. The summed E-state index contributed by atoms with van der Waals surface area (Å²) in [7, 11) is 0. The maximum atomic E-state index is 13.1. The highest BCUT2D eigenvalue weighted by molar-refractivity contribution is 5.97. The molecule has 1 aliphatic carbocycles. The van der Waals surface area contributed by atoms with Gasteiger partial charge in [-0.15, -0.1) is 0 Å². The first-order valence-electron chi connectivity index (χ1n) is 6.84. The van der Waals surface area contributed by atoms with Crippen LogP contribution in [-0.4, -0.2) is 29.8 Å². The van der Waals surface area contributed by atoms with Crippen LogP contribution >= 0.6 is 0 Å². The van der Waals surface area contributed by atoms with Crippen LogP contribution < -0.4 is 0 Å². The molecule has 4 heteroatoms. The van der Waals surface area contributed by atoms with E-state index in [0.29, 0.717) is 6.04 Å². The molecule has 0 saturated heterocycles. The molecule has 0 aliphatic heterocycles. The summed E-state index contributed by atoms with van der Waals surface area (Å²) in [6.07, 6.45) is 4.67. The van der Waals surface area contributed by atoms with E-state index >= 15 is 0 Å². The Kier molecular flexibility index (Phi) is 4.64. The van der Waals surface area contributed by atoms with Crippen molar-refractivity contribution in [2.24, 2.45) is 0 Å². The van der Waals surface area contributed by atoms with Gasteiger partial charge in [0.25, 0.3) is 0 Å². The molecule has 0 atom stereocenters. The molecule has 104 valence electrons. The fourth-order valence-electron chi connectivity index (χ4n) is 2.71. The van der Waals surface area contributed by atoms with E-state index < -0.39 is 11.6 Å². The first kappa shape index (κ1) is 14.1. The fraction of sp³-hybridized carbons (Fsp3) is 0.533. The van der Waals surface area contributed by atoms with Crippen LogP contribution in [0.1, 0.15) is 43.0 Å². The number of Topliss-reactive ketones (excluding diaryl/α,β-unsaturated/α-hetero) is 1. The van der Waals surface area contributed by atoms with Crippen molar-refractivity contribution < 1.29 is 13.6 Å². The van der Waals surface area contributed by atoms with E-state index in [1.807, 2.05) is 6.92 Å². The Labute approximate surface area is 112 Å². The summed E-state index contributed by atoms with van der Waals surface area (Å²) in [6.45, 7) is 3.11. The van der Waals surface area contributed by atoms with E-state index in [4.69, 9.17) is 0 Å². The van der Waals surface area contributed by atoms with Gasteiger partial charge >= 0.3 is 0 Å². The zero-order valence-electron chi connectivity index (χ0n) is 11.2. The van der Waals surface area contributed by atoms with Crippen molar-refractivity contribution in [1.29, 1.82) is 0 Å². The number of rotatable bonds is 5. The Morgan fingerprint density at radius 1 is 1.26 bits per heavy atom. The number of carbonyl (C=O) groups excluding carboxylic acids is 1. The molecule has 1 aliphatic rings. The van der Waals surface area contributed by atoms with Gasteiger partial charge in [-0.05, 0) is 37.6 Å². The van der Waals surface area contributed by atoms with Gasteiger partial charge < -0.3 is 0 Å². The normalized spacial score (nSPS) is 16.2. The minimum atomic E-state index is -0.963. The van der Waals surface area contributed by atoms with Crippen molar-refractivity contribution in [3.63, 3.8) is 0 Å². The fourth-order valence-corrected chi connectivity index (χ4v) is 2.71. The van der Waals surface area contributed by atoms with Crippen LogP contribution in [0.15, 0.2) is 18.2 Å². The Bertz CT molecular complexity index is 455. The lowest BCUT2D eigenvalue weighted by molar-refractivity contribution is 0.0898. The molecule has 0 heterocycles. The average Bonchev–Trinajstić information content (AvgIpc) is 2.92. The zero-order valence-corrected chi connectivity index (χ0v) is 11.2. The molecule has 19 heavy (non-hydrogen) atoms. The number of carbonyl (C=O) groups is 1. The molecule has 1 fully saturated rings. The standard InChI is InChI=1S/C15H19F2NO/c1-2-18(12-5-3-4-6-12)10-15(19)11-7-8-13(16)14(17)9-11/h7-9,12H,2-6,10H2,1H3. The highest BCUT2D eigenvalue weighted by Crippen LogP contribution is 2.23. The van der Waals surface area contributed by atoms with Crippen LogP contribution in [0.3, 0.4) is 0 Å². The summed E-state index contributed by atoms with van der Waals surface area (Å²) >= 11 is 0. The Morgan fingerprint density at radius 3 is 2.53 bits per heavy atom. The van der Waals surface area contributed by atoms with Gasteiger partial charge in [-0.3, -0.25) is 9.69 Å². The minimum absolute atomic E-state index is 0.146. The smallest absolute Gasteiger partial charge is 0.176 e. The minimum Gasteiger partial charge on any atom is -0.293 e. The third-order valence-electron chi connectivity index (χ3n) is 3.84. The summed E-state index contributed by atoms with van der Waals surface area (Å²) in [6, 6.07) is 3.80. The molecular formula is C15H19F2NO. The lowest BCUT2D eigenvalue weighted by Crippen LogP contribution is -2.37. The van der Waals surface area contributed by atoms with Crippen molar-refractivity contribution in [2.75, 3.05) is 13.1 Å². The molecule has 2 rings (SSSR count). The predicted molar refractivity (Wildman–Crippen MR) is 70.2 cm³/mol. The second-order valence-corrected chi connectivity index (χ2v) is 5.05. The van der Waals surface area contributed by atoms with Gasteiger partial charge in [-0.25, -0.2) is 8.78 Å². The highest BCUT2D eigenvalue weighted by atomic mass is 19.2. The largest absolute Gasteiger partial charge is 0.293 e. The molecule has 0 unspecified atom stereocenters. The third kappa shape index (κ3) is 3.38. The zero-order chi connectivity index (χ0) is 13.8. The highest BCUT2D eigenvalue weighted by Gasteiger charge is 2.23. The SMILES string of the molecule is CCN(CC(=O)c1ccc(F)c(F)c1)C1CCCC1. The summed E-state index contributed by atoms with van der Waals surface area (Å²) in [4.78, 5) is 14.2. The van der Waals surface area contributed by atoms with Crippen molar-refractivity contribution in [3.05, 3.63) is 35.4 Å². The van der Waals surface area contributed by atoms with Crippen LogP contribution in [0.5, 0.6) is 0 Å². The molecule has 0 radical (unpaired) electrons. The van der Waals surface area contributed by atoms with Gasteiger partial charge in [0.2, 0.25) is 0 Å². The Balaban J connectivity index is 2.04. The van der Waals surface area contributed by atoms with Crippen LogP contribution in [0, 0.1) is 11.6 Å². The molecule has 1 aromatic carbocycles. The van der Waals surface area contributed by atoms with Crippen LogP contribution in [0.25, 0.3) is 0 Å². The topological polar surface area (TPSA) is 20.3 Å². The average molecular weight is 267 g/mol. The van der Waals surface area contributed by atoms with Gasteiger partial charge in [-0.1, -0.05) is 19.8 Å². The molecule has 1 aromatic rings. The quantitative estimate of drug-likeness (QED) is 0.762. The lowest BCUT2D eigenvalue weighted by Gasteiger charge is -2.26. The summed E-state index contributed by atoms with van der Waals surface area (Å²) in [5.74, 6) is -2.03. The molecule has 0 aromatic heterocycles. The number of halogens is 2. The van der Waals surface area contributed by atoms with Gasteiger partial charge in [-0.2, -0.15) is 0 Å². The van der Waals surface area contributed by atoms with E-state index in [1.54, 1.807) is 0 Å². The number of benzene rings is 1. The van der Waals surface area contributed by atoms with E-state index in [-0.39, 0.29) is 17.9 Å². The molecule has 0 amide bonds. The maximum Gasteiger partial charge on any atom is 0.176 e. The number of hydrogen-bond acceptors (Lipinski definition) is 2. The van der Waals surface area contributed by atoms with E-state index in [2.05, 4.69) is 4.90 Å². The van der Waals surface area contributed by atoms with Crippen molar-refractivity contribution in [2.45, 2.75) is 38.6 Å². The van der Waals surface area contributed by atoms with Crippen molar-refractivity contribution in [3.8, 4) is 0 Å². The summed E-state index contributed by atoms with van der Waals surface area (Å²) < 4.78 is 26.0. The molecule has 0 spiro atoms. The van der Waals surface area contributed by atoms with E-state index in [0.717, 1.165) is 31.5 Å². The predicted octanol–water partition coefficient (Wildman–Crippen LogP) is 3.41. The maximum absolute atomic E-state index is 13.1. The molecule has 0 bridgehead atoms. The first-order valence-corrected chi connectivity index (χ1v) is 6.84. The Morgan fingerprint density at radius 2 is 1.95 bits per heavy atom. The van der Waals surface area contributed by atoms with E-state index in [9.17, 15) is 13.6 Å². The van der Waals surface area contributed by atoms with Crippen molar-refractivity contribution in [1.82, 2.24) is 4.90 Å². The summed E-state index contributed by atoms with van der Waals surface area (Å²) in [5, 5.41) is 0. The van der Waals surface area contributed by atoms with Gasteiger partial charge in [0.05, 0.1) is 6.54 Å². The number of hydrogen-bond donors (Lipinski definition) is 0. The van der Waals surface area contributed by atoms with Crippen LogP contribution in [-0.2, 0) is 0 Å². The molecule has 0 N–H and O–H groups in total. The molecular weight excluding hydrogens is 248 g/mol. The lowest BCUT2D eigenvalue weighted by atomic mass is 10.1. The van der Waals surface area contributed by atoms with Crippen LogP contribution in [0.2, 0.25) is 0 Å². The summed E-state index contributed by atoms with van der Waals surface area (Å²) in [5.41, 5.74) is 0.246. The second-order valence-electron chi connectivity index (χ2n) is 5.05. The second kappa shape index (κ2) is 6.24.